The molecule has 0 aliphatic heterocycles. The molecule has 0 fully saturated rings. The van der Waals surface area contributed by atoms with Crippen molar-refractivity contribution in [1.82, 2.24) is 10.2 Å². The molecule has 236 valence electrons. The van der Waals surface area contributed by atoms with E-state index in [1.165, 1.54) is 29.2 Å². The molecule has 0 saturated carbocycles. The number of nitrogens with zero attached hydrogens (tertiary/aromatic N) is 2. The van der Waals surface area contributed by atoms with E-state index in [1.54, 1.807) is 42.5 Å². The molecular weight excluding hydrogens is 589 g/mol. The molecular formula is C36H40FN3O4S. The highest BCUT2D eigenvalue weighted by Gasteiger charge is 2.35. The quantitative estimate of drug-likeness (QED) is 0.214. The highest BCUT2D eigenvalue weighted by atomic mass is 32.2. The standard InChI is InChI=1S/C36H40FN3O4S/c1-26-14-20-32(21-15-26)45(43,44)40(31-13-9-10-27(2)22-31)25-34(41)39(24-29-16-18-30(37)19-17-29)33(35(42)38-36(3,4)5)23-28-11-7-6-8-12-28/h6-22,33H,23-25H2,1-5H3,(H,38,42)/t33-/m1/s1. The van der Waals surface area contributed by atoms with Gasteiger partial charge in [0.2, 0.25) is 11.8 Å². The summed E-state index contributed by atoms with van der Waals surface area (Å²) in [5, 5.41) is 3.00. The molecule has 9 heteroatoms. The van der Waals surface area contributed by atoms with E-state index in [-0.39, 0.29) is 23.8 Å². The molecule has 4 aromatic carbocycles. The summed E-state index contributed by atoms with van der Waals surface area (Å²) >= 11 is 0. The van der Waals surface area contributed by atoms with Crippen molar-refractivity contribution in [2.75, 3.05) is 10.8 Å². The van der Waals surface area contributed by atoms with Crippen molar-refractivity contribution in [1.29, 1.82) is 0 Å². The minimum absolute atomic E-state index is 0.0406. The van der Waals surface area contributed by atoms with Crippen LogP contribution in [0, 0.1) is 19.7 Å². The highest BCUT2D eigenvalue weighted by Crippen LogP contribution is 2.26. The summed E-state index contributed by atoms with van der Waals surface area (Å²) in [5.41, 5.74) is 2.86. The molecule has 0 heterocycles. The molecule has 0 bridgehead atoms. The summed E-state index contributed by atoms with van der Waals surface area (Å²) in [6.45, 7) is 8.66. The normalized spacial score (nSPS) is 12.3. The number of benzene rings is 4. The van der Waals surface area contributed by atoms with Crippen molar-refractivity contribution in [2.45, 2.75) is 64.1 Å². The monoisotopic (exact) mass is 629 g/mol. The lowest BCUT2D eigenvalue weighted by Crippen LogP contribution is -2.56. The van der Waals surface area contributed by atoms with E-state index in [1.807, 2.05) is 71.0 Å². The van der Waals surface area contributed by atoms with Gasteiger partial charge in [-0.05, 0) is 87.7 Å². The van der Waals surface area contributed by atoms with Crippen LogP contribution in [-0.4, -0.2) is 43.3 Å². The van der Waals surface area contributed by atoms with Gasteiger partial charge in [-0.15, -0.1) is 0 Å². The number of carbonyl (C=O) groups is 2. The fourth-order valence-electron chi connectivity index (χ4n) is 4.94. The van der Waals surface area contributed by atoms with Crippen LogP contribution in [-0.2, 0) is 32.6 Å². The Labute approximate surface area is 265 Å². The molecule has 0 unspecified atom stereocenters. The summed E-state index contributed by atoms with van der Waals surface area (Å²) < 4.78 is 43.2. The van der Waals surface area contributed by atoms with Gasteiger partial charge in [-0.3, -0.25) is 13.9 Å². The third kappa shape index (κ3) is 9.01. The molecule has 45 heavy (non-hydrogen) atoms. The molecule has 0 spiro atoms. The van der Waals surface area contributed by atoms with Crippen molar-refractivity contribution in [3.63, 3.8) is 0 Å². The lowest BCUT2D eigenvalue weighted by Gasteiger charge is -2.35. The molecule has 0 aromatic heterocycles. The van der Waals surface area contributed by atoms with Gasteiger partial charge in [0.15, 0.2) is 0 Å². The summed E-state index contributed by atoms with van der Waals surface area (Å²) in [5.74, 6) is -1.40. The average Bonchev–Trinajstić information content (AvgIpc) is 2.98. The van der Waals surface area contributed by atoms with Gasteiger partial charge in [0.05, 0.1) is 10.6 Å². The number of nitrogens with one attached hydrogen (secondary N) is 1. The van der Waals surface area contributed by atoms with E-state index in [4.69, 9.17) is 0 Å². The summed E-state index contributed by atoms with van der Waals surface area (Å²) in [4.78, 5) is 29.8. The van der Waals surface area contributed by atoms with E-state index in [0.29, 0.717) is 11.3 Å². The molecule has 0 radical (unpaired) electrons. The first kappa shape index (κ1) is 33.4. The Morgan fingerprint density at radius 1 is 0.800 bits per heavy atom. The molecule has 4 rings (SSSR count). The van der Waals surface area contributed by atoms with Crippen molar-refractivity contribution >= 4 is 27.5 Å². The minimum atomic E-state index is -4.19. The number of halogens is 1. The first-order valence-electron chi connectivity index (χ1n) is 14.8. The minimum Gasteiger partial charge on any atom is -0.350 e. The van der Waals surface area contributed by atoms with E-state index < -0.39 is 39.9 Å². The Balaban J connectivity index is 1.81. The smallest absolute Gasteiger partial charge is 0.264 e. The van der Waals surface area contributed by atoms with Crippen molar-refractivity contribution in [3.8, 4) is 0 Å². The SMILES string of the molecule is Cc1ccc(S(=O)(=O)N(CC(=O)N(Cc2ccc(F)cc2)[C@H](Cc2ccccc2)C(=O)NC(C)(C)C)c2cccc(C)c2)cc1. The maximum atomic E-state index is 14.5. The predicted octanol–water partition coefficient (Wildman–Crippen LogP) is 6.19. The third-order valence-electron chi connectivity index (χ3n) is 7.21. The molecule has 2 amide bonds. The molecule has 4 aromatic rings. The second kappa shape index (κ2) is 14.1. The second-order valence-electron chi connectivity index (χ2n) is 12.3. The summed E-state index contributed by atoms with van der Waals surface area (Å²) in [6, 6.07) is 27.4. The predicted molar refractivity (Wildman–Crippen MR) is 176 cm³/mol. The van der Waals surface area contributed by atoms with E-state index in [0.717, 1.165) is 21.0 Å². The first-order chi connectivity index (χ1) is 21.2. The number of rotatable bonds is 11. The van der Waals surface area contributed by atoms with Gasteiger partial charge in [0.1, 0.15) is 18.4 Å². The summed E-state index contributed by atoms with van der Waals surface area (Å²) in [6.07, 6.45) is 0.185. The van der Waals surface area contributed by atoms with Gasteiger partial charge in [-0.1, -0.05) is 72.3 Å². The van der Waals surface area contributed by atoms with E-state index >= 15 is 0 Å². The Hall–Kier alpha value is -4.50. The van der Waals surface area contributed by atoms with Crippen LogP contribution in [0.3, 0.4) is 0 Å². The van der Waals surface area contributed by atoms with E-state index in [9.17, 15) is 22.4 Å². The Morgan fingerprint density at radius 2 is 1.44 bits per heavy atom. The van der Waals surface area contributed by atoms with Gasteiger partial charge in [-0.25, -0.2) is 12.8 Å². The third-order valence-corrected chi connectivity index (χ3v) is 9.00. The molecule has 7 nitrogen and oxygen atoms in total. The number of carbonyl (C=O) groups excluding carboxylic acids is 2. The number of hydrogen-bond donors (Lipinski definition) is 1. The highest BCUT2D eigenvalue weighted by molar-refractivity contribution is 7.92. The Bertz CT molecular complexity index is 1720. The second-order valence-corrected chi connectivity index (χ2v) is 14.1. The van der Waals surface area contributed by atoms with Crippen molar-refractivity contribution < 1.29 is 22.4 Å². The number of hydrogen-bond acceptors (Lipinski definition) is 4. The van der Waals surface area contributed by atoms with Crippen LogP contribution in [0.15, 0.2) is 108 Å². The number of sulfonamides is 1. The maximum Gasteiger partial charge on any atom is 0.264 e. The van der Waals surface area contributed by atoms with Crippen LogP contribution in [0.5, 0.6) is 0 Å². The van der Waals surface area contributed by atoms with Crippen LogP contribution < -0.4 is 9.62 Å². The van der Waals surface area contributed by atoms with Gasteiger partial charge < -0.3 is 10.2 Å². The maximum absolute atomic E-state index is 14.5. The lowest BCUT2D eigenvalue weighted by atomic mass is 10.0. The van der Waals surface area contributed by atoms with Gasteiger partial charge >= 0.3 is 0 Å². The molecule has 1 atom stereocenters. The molecule has 0 aliphatic carbocycles. The van der Waals surface area contributed by atoms with Crippen molar-refractivity contribution in [3.05, 3.63) is 131 Å². The molecule has 0 saturated heterocycles. The zero-order valence-electron chi connectivity index (χ0n) is 26.3. The van der Waals surface area contributed by atoms with Gasteiger partial charge in [-0.2, -0.15) is 0 Å². The van der Waals surface area contributed by atoms with Crippen molar-refractivity contribution in [2.24, 2.45) is 0 Å². The molecule has 1 N–H and O–H groups in total. The first-order valence-corrected chi connectivity index (χ1v) is 16.2. The lowest BCUT2D eigenvalue weighted by molar-refractivity contribution is -0.140. The Morgan fingerprint density at radius 3 is 2.04 bits per heavy atom. The Kier molecular flexibility index (Phi) is 10.4. The number of aryl methyl sites for hydroxylation is 2. The topological polar surface area (TPSA) is 86.8 Å². The van der Waals surface area contributed by atoms with E-state index in [2.05, 4.69) is 5.32 Å². The molecule has 0 aliphatic rings. The van der Waals surface area contributed by atoms with Gasteiger partial charge in [0, 0.05) is 18.5 Å². The fraction of sp³-hybridized carbons (Fsp3) is 0.278. The van der Waals surface area contributed by atoms with Crippen LogP contribution in [0.25, 0.3) is 0 Å². The largest absolute Gasteiger partial charge is 0.350 e. The van der Waals surface area contributed by atoms with Crippen LogP contribution in [0.2, 0.25) is 0 Å². The van der Waals surface area contributed by atoms with Crippen LogP contribution in [0.1, 0.15) is 43.0 Å². The zero-order chi connectivity index (χ0) is 32.8. The summed E-state index contributed by atoms with van der Waals surface area (Å²) in [7, 11) is -4.19. The van der Waals surface area contributed by atoms with Crippen LogP contribution in [0.4, 0.5) is 10.1 Å². The zero-order valence-corrected chi connectivity index (χ0v) is 27.1. The average molecular weight is 630 g/mol. The number of amides is 2. The van der Waals surface area contributed by atoms with Gasteiger partial charge in [0.25, 0.3) is 10.0 Å². The fourth-order valence-corrected chi connectivity index (χ4v) is 6.35. The number of anilines is 1. The van der Waals surface area contributed by atoms with Crippen LogP contribution >= 0.6 is 0 Å².